The molecule has 0 saturated carbocycles. The SMILES string of the molecule is CC1(C)COc2c(CCN(Cl)c3ccncn3)cccc21. The molecule has 0 aliphatic carbocycles. The molecule has 0 radical (unpaired) electrons. The molecule has 0 unspecified atom stereocenters. The molecule has 5 heteroatoms. The van der Waals surface area contributed by atoms with Crippen LogP contribution in [-0.2, 0) is 11.8 Å². The molecule has 0 fully saturated rings. The maximum absolute atomic E-state index is 6.27. The van der Waals surface area contributed by atoms with Crippen LogP contribution in [0, 0.1) is 0 Å². The fourth-order valence-electron chi connectivity index (χ4n) is 2.58. The van der Waals surface area contributed by atoms with E-state index in [0.717, 1.165) is 18.8 Å². The van der Waals surface area contributed by atoms with Gasteiger partial charge in [0.15, 0.2) is 0 Å². The molecule has 110 valence electrons. The zero-order valence-corrected chi connectivity index (χ0v) is 13.0. The number of rotatable bonds is 4. The number of para-hydroxylation sites is 1. The van der Waals surface area contributed by atoms with Crippen molar-refractivity contribution in [2.45, 2.75) is 25.7 Å². The monoisotopic (exact) mass is 303 g/mol. The molecule has 2 heterocycles. The van der Waals surface area contributed by atoms with Crippen LogP contribution in [0.25, 0.3) is 0 Å². The highest BCUT2D eigenvalue weighted by Crippen LogP contribution is 2.40. The Balaban J connectivity index is 1.74. The first-order valence-electron chi connectivity index (χ1n) is 7.02. The Bertz CT molecular complexity index is 631. The summed E-state index contributed by atoms with van der Waals surface area (Å²) in [5.41, 5.74) is 2.56. The van der Waals surface area contributed by atoms with Crippen LogP contribution >= 0.6 is 11.8 Å². The average Bonchev–Trinajstić information content (AvgIpc) is 2.82. The molecule has 0 saturated heterocycles. The number of nitrogens with zero attached hydrogens (tertiary/aromatic N) is 3. The van der Waals surface area contributed by atoms with Gasteiger partial charge in [0.2, 0.25) is 0 Å². The number of ether oxygens (including phenoxy) is 1. The van der Waals surface area contributed by atoms with Gasteiger partial charge in [0.1, 0.15) is 17.9 Å². The van der Waals surface area contributed by atoms with E-state index in [0.29, 0.717) is 12.4 Å². The van der Waals surface area contributed by atoms with E-state index in [-0.39, 0.29) is 5.41 Å². The molecule has 0 N–H and O–H groups in total. The maximum atomic E-state index is 6.27. The molecule has 0 bridgehead atoms. The summed E-state index contributed by atoms with van der Waals surface area (Å²) in [4.78, 5) is 8.03. The maximum Gasteiger partial charge on any atom is 0.146 e. The topological polar surface area (TPSA) is 38.2 Å². The Morgan fingerprint density at radius 1 is 1.33 bits per heavy atom. The van der Waals surface area contributed by atoms with E-state index < -0.39 is 0 Å². The summed E-state index contributed by atoms with van der Waals surface area (Å²) in [6, 6.07) is 8.13. The molecule has 1 aromatic carbocycles. The minimum atomic E-state index is 0.0820. The molecule has 2 aromatic rings. The molecule has 21 heavy (non-hydrogen) atoms. The number of aromatic nitrogens is 2. The quantitative estimate of drug-likeness (QED) is 0.812. The van der Waals surface area contributed by atoms with Gasteiger partial charge < -0.3 is 4.74 Å². The van der Waals surface area contributed by atoms with Crippen LogP contribution in [0.5, 0.6) is 5.75 Å². The van der Waals surface area contributed by atoms with Gasteiger partial charge in [-0.2, -0.15) is 0 Å². The second kappa shape index (κ2) is 5.53. The lowest BCUT2D eigenvalue weighted by Gasteiger charge is -2.16. The van der Waals surface area contributed by atoms with E-state index in [9.17, 15) is 0 Å². The molecule has 0 atom stereocenters. The van der Waals surface area contributed by atoms with Gasteiger partial charge in [0, 0.05) is 41.6 Å². The second-order valence-electron chi connectivity index (χ2n) is 5.87. The van der Waals surface area contributed by atoms with E-state index in [4.69, 9.17) is 16.5 Å². The lowest BCUT2D eigenvalue weighted by Crippen LogP contribution is -2.18. The van der Waals surface area contributed by atoms with Crippen LogP contribution in [0.4, 0.5) is 5.82 Å². The van der Waals surface area contributed by atoms with Crippen molar-refractivity contribution < 1.29 is 4.74 Å². The molecule has 0 spiro atoms. The van der Waals surface area contributed by atoms with Gasteiger partial charge in [-0.3, -0.25) is 4.42 Å². The van der Waals surface area contributed by atoms with Crippen LogP contribution in [0.15, 0.2) is 36.8 Å². The van der Waals surface area contributed by atoms with Crippen LogP contribution in [-0.4, -0.2) is 23.1 Å². The lowest BCUT2D eigenvalue weighted by atomic mass is 9.86. The van der Waals surface area contributed by atoms with Crippen molar-refractivity contribution in [2.24, 2.45) is 0 Å². The molecular formula is C16H18ClN3O. The normalized spacial score (nSPS) is 15.4. The van der Waals surface area contributed by atoms with Crippen molar-refractivity contribution in [1.82, 2.24) is 9.97 Å². The van der Waals surface area contributed by atoms with E-state index >= 15 is 0 Å². The van der Waals surface area contributed by atoms with Gasteiger partial charge in [0.05, 0.1) is 6.61 Å². The Morgan fingerprint density at radius 3 is 2.95 bits per heavy atom. The summed E-state index contributed by atoms with van der Waals surface area (Å²) in [5, 5.41) is 0. The van der Waals surface area contributed by atoms with Crippen LogP contribution < -0.4 is 9.16 Å². The van der Waals surface area contributed by atoms with Crippen LogP contribution in [0.1, 0.15) is 25.0 Å². The third kappa shape index (κ3) is 2.81. The van der Waals surface area contributed by atoms with Crippen molar-refractivity contribution in [3.05, 3.63) is 47.9 Å². The summed E-state index contributed by atoms with van der Waals surface area (Å²) in [6.45, 7) is 5.81. The molecular weight excluding hydrogens is 286 g/mol. The summed E-state index contributed by atoms with van der Waals surface area (Å²) >= 11 is 6.27. The first-order valence-corrected chi connectivity index (χ1v) is 7.36. The third-order valence-electron chi connectivity index (χ3n) is 3.80. The van der Waals surface area contributed by atoms with Crippen molar-refractivity contribution in [3.8, 4) is 5.75 Å². The fraction of sp³-hybridized carbons (Fsp3) is 0.375. The van der Waals surface area contributed by atoms with E-state index in [2.05, 4.69) is 42.0 Å². The smallest absolute Gasteiger partial charge is 0.146 e. The van der Waals surface area contributed by atoms with Gasteiger partial charge in [-0.15, -0.1) is 0 Å². The molecule has 1 aliphatic heterocycles. The first-order chi connectivity index (χ1) is 10.1. The number of fused-ring (bicyclic) bond motifs is 1. The van der Waals surface area contributed by atoms with Crippen molar-refractivity contribution in [2.75, 3.05) is 17.6 Å². The lowest BCUT2D eigenvalue weighted by molar-refractivity contribution is 0.289. The Kier molecular flexibility index (Phi) is 3.72. The fourth-order valence-corrected chi connectivity index (χ4v) is 2.76. The van der Waals surface area contributed by atoms with Gasteiger partial charge in [-0.1, -0.05) is 32.0 Å². The van der Waals surface area contributed by atoms with Crippen LogP contribution in [0.3, 0.4) is 0 Å². The first kappa shape index (κ1) is 14.1. The summed E-state index contributed by atoms with van der Waals surface area (Å²) in [6.07, 6.45) is 3.99. The van der Waals surface area contributed by atoms with Crippen molar-refractivity contribution >= 4 is 17.6 Å². The second-order valence-corrected chi connectivity index (χ2v) is 6.28. The number of benzene rings is 1. The predicted octanol–water partition coefficient (Wildman–Crippen LogP) is 3.35. The van der Waals surface area contributed by atoms with Gasteiger partial charge in [0.25, 0.3) is 0 Å². The number of hydrogen-bond donors (Lipinski definition) is 0. The largest absolute Gasteiger partial charge is 0.492 e. The summed E-state index contributed by atoms with van der Waals surface area (Å²) in [7, 11) is 0. The molecule has 1 aromatic heterocycles. The molecule has 1 aliphatic rings. The Hall–Kier alpha value is -1.81. The van der Waals surface area contributed by atoms with Gasteiger partial charge in [-0.05, 0) is 12.0 Å². The Labute approximate surface area is 129 Å². The van der Waals surface area contributed by atoms with Crippen molar-refractivity contribution in [3.63, 3.8) is 0 Å². The van der Waals surface area contributed by atoms with Crippen molar-refractivity contribution in [1.29, 1.82) is 0 Å². The Morgan fingerprint density at radius 2 is 2.19 bits per heavy atom. The minimum absolute atomic E-state index is 0.0820. The summed E-state index contributed by atoms with van der Waals surface area (Å²) in [5.74, 6) is 1.73. The van der Waals surface area contributed by atoms with Crippen LogP contribution in [0.2, 0.25) is 0 Å². The highest BCUT2D eigenvalue weighted by molar-refractivity contribution is 6.25. The predicted molar refractivity (Wildman–Crippen MR) is 83.9 cm³/mol. The molecule has 4 nitrogen and oxygen atoms in total. The number of halogens is 1. The average molecular weight is 304 g/mol. The summed E-state index contributed by atoms with van der Waals surface area (Å²) < 4.78 is 7.51. The highest BCUT2D eigenvalue weighted by Gasteiger charge is 2.32. The number of hydrogen-bond acceptors (Lipinski definition) is 4. The van der Waals surface area contributed by atoms with Gasteiger partial charge in [-0.25, -0.2) is 9.97 Å². The minimum Gasteiger partial charge on any atom is -0.492 e. The third-order valence-corrected chi connectivity index (χ3v) is 4.14. The zero-order valence-electron chi connectivity index (χ0n) is 12.2. The van der Waals surface area contributed by atoms with E-state index in [1.54, 1.807) is 16.7 Å². The van der Waals surface area contributed by atoms with E-state index in [1.807, 2.05) is 0 Å². The zero-order chi connectivity index (χ0) is 14.9. The highest BCUT2D eigenvalue weighted by atomic mass is 35.5. The molecule has 0 amide bonds. The van der Waals surface area contributed by atoms with E-state index in [1.165, 1.54) is 17.5 Å². The standard InChI is InChI=1S/C16H18ClN3O/c1-16(2)10-21-15-12(4-3-5-13(15)16)7-9-20(17)14-6-8-18-11-19-14/h3-6,8,11H,7,9-10H2,1-2H3. The number of anilines is 1. The van der Waals surface area contributed by atoms with Gasteiger partial charge >= 0.3 is 0 Å². The molecule has 3 rings (SSSR count).